The van der Waals surface area contributed by atoms with Crippen molar-refractivity contribution in [2.45, 2.75) is 16.3 Å². The molecule has 0 fully saturated rings. The van der Waals surface area contributed by atoms with Gasteiger partial charge in [0.15, 0.2) is 5.65 Å². The van der Waals surface area contributed by atoms with Crippen molar-refractivity contribution in [1.82, 2.24) is 14.5 Å². The van der Waals surface area contributed by atoms with Gasteiger partial charge in [0.2, 0.25) is 9.84 Å². The Labute approximate surface area is 189 Å². The van der Waals surface area contributed by atoms with E-state index in [0.717, 1.165) is 17.7 Å². The van der Waals surface area contributed by atoms with E-state index >= 15 is 0 Å². The molecule has 0 bridgehead atoms. The molecular weight excluding hydrogens is 443 g/mol. The highest BCUT2D eigenvalue weighted by Gasteiger charge is 2.30. The number of fused-ring (bicyclic) bond motifs is 2. The molecule has 0 aliphatic carbocycles. The summed E-state index contributed by atoms with van der Waals surface area (Å²) in [6.45, 7) is 0.221. The van der Waals surface area contributed by atoms with Gasteiger partial charge in [0.25, 0.3) is 0 Å². The molecule has 0 aliphatic rings. The van der Waals surface area contributed by atoms with E-state index < -0.39 is 15.7 Å². The largest absolute Gasteiger partial charge is 0.496 e. The van der Waals surface area contributed by atoms with Gasteiger partial charge in [0.1, 0.15) is 27.8 Å². The minimum Gasteiger partial charge on any atom is -0.496 e. The highest BCUT2D eigenvalue weighted by Crippen LogP contribution is 2.36. The number of halogens is 1. The smallest absolute Gasteiger partial charge is 0.212 e. The van der Waals surface area contributed by atoms with Crippen molar-refractivity contribution in [1.29, 1.82) is 0 Å². The van der Waals surface area contributed by atoms with E-state index in [2.05, 4.69) is 9.97 Å². The lowest BCUT2D eigenvalue weighted by atomic mass is 10.2. The number of nitrogens with two attached hydrogens (primary N) is 1. The van der Waals surface area contributed by atoms with Crippen LogP contribution in [0.15, 0.2) is 82.6 Å². The molecule has 2 aromatic heterocycles. The highest BCUT2D eigenvalue weighted by molar-refractivity contribution is 7.92. The average molecular weight is 463 g/mol. The van der Waals surface area contributed by atoms with Gasteiger partial charge in [-0.05, 0) is 42.5 Å². The third-order valence-corrected chi connectivity index (χ3v) is 7.29. The average Bonchev–Trinajstić information content (AvgIpc) is 3.09. The topological polar surface area (TPSA) is 100 Å². The van der Waals surface area contributed by atoms with E-state index in [1.54, 1.807) is 29.9 Å². The van der Waals surface area contributed by atoms with E-state index in [1.807, 2.05) is 30.3 Å². The summed E-state index contributed by atoms with van der Waals surface area (Å²) in [5.74, 6) is 0.0947. The summed E-state index contributed by atoms with van der Waals surface area (Å²) in [5.41, 5.74) is 8.89. The first kappa shape index (κ1) is 20.9. The zero-order valence-corrected chi connectivity index (χ0v) is 18.4. The van der Waals surface area contributed by atoms with Gasteiger partial charge in [-0.2, -0.15) is 0 Å². The number of methoxy groups -OCH3 is 1. The minimum atomic E-state index is -4.12. The van der Waals surface area contributed by atoms with Crippen LogP contribution >= 0.6 is 0 Å². The number of anilines is 1. The fraction of sp³-hybridized carbons (Fsp3) is 0.0833. The van der Waals surface area contributed by atoms with Crippen LogP contribution < -0.4 is 10.5 Å². The van der Waals surface area contributed by atoms with Crippen LogP contribution in [0.4, 0.5) is 10.2 Å². The van der Waals surface area contributed by atoms with Crippen LogP contribution in [0.3, 0.4) is 0 Å². The minimum absolute atomic E-state index is 0.00413. The number of para-hydroxylation sites is 3. The summed E-state index contributed by atoms with van der Waals surface area (Å²) < 4.78 is 47.7. The molecule has 5 aromatic rings. The van der Waals surface area contributed by atoms with Crippen molar-refractivity contribution >= 4 is 37.9 Å². The number of rotatable bonds is 5. The second-order valence-electron chi connectivity index (χ2n) is 7.45. The Morgan fingerprint density at radius 3 is 2.27 bits per heavy atom. The van der Waals surface area contributed by atoms with E-state index in [-0.39, 0.29) is 27.7 Å². The molecule has 0 saturated carbocycles. The molecule has 5 rings (SSSR count). The lowest BCUT2D eigenvalue weighted by Gasteiger charge is -2.11. The molecule has 0 atom stereocenters. The van der Waals surface area contributed by atoms with Gasteiger partial charge in [0.05, 0.1) is 29.6 Å². The van der Waals surface area contributed by atoms with E-state index in [9.17, 15) is 12.8 Å². The first-order valence-corrected chi connectivity index (χ1v) is 11.6. The first-order valence-electron chi connectivity index (χ1n) is 10.1. The van der Waals surface area contributed by atoms with Crippen LogP contribution in [-0.4, -0.2) is 30.1 Å². The third-order valence-electron chi connectivity index (χ3n) is 5.46. The second kappa shape index (κ2) is 7.86. The summed E-state index contributed by atoms with van der Waals surface area (Å²) in [6, 6.07) is 19.2. The molecule has 9 heteroatoms. The van der Waals surface area contributed by atoms with Crippen molar-refractivity contribution in [3.63, 3.8) is 0 Å². The standard InChI is InChI=1S/C24H19FN4O3S/c1-32-20-9-5-2-6-15(20)14-29-23(26)22(33(30,31)17-12-10-16(25)11-13-17)21-24(29)28-19-8-4-3-7-18(19)27-21/h2-13H,14,26H2,1H3. The van der Waals surface area contributed by atoms with Crippen molar-refractivity contribution in [3.05, 3.63) is 84.2 Å². The molecule has 0 radical (unpaired) electrons. The summed E-state index contributed by atoms with van der Waals surface area (Å²) >= 11 is 0. The lowest BCUT2D eigenvalue weighted by molar-refractivity contribution is 0.408. The number of aromatic nitrogens is 3. The number of benzene rings is 3. The lowest BCUT2D eigenvalue weighted by Crippen LogP contribution is -2.09. The Morgan fingerprint density at radius 2 is 1.58 bits per heavy atom. The van der Waals surface area contributed by atoms with Gasteiger partial charge < -0.3 is 15.0 Å². The molecule has 166 valence electrons. The number of nitrogens with zero attached hydrogens (tertiary/aromatic N) is 3. The molecule has 0 spiro atoms. The predicted octanol–water partition coefficient (Wildman–Crippen LogP) is 4.20. The maximum atomic E-state index is 13.6. The van der Waals surface area contributed by atoms with Gasteiger partial charge in [-0.1, -0.05) is 30.3 Å². The summed E-state index contributed by atoms with van der Waals surface area (Å²) in [6.07, 6.45) is 0. The zero-order chi connectivity index (χ0) is 23.2. The Kier molecular flexibility index (Phi) is 4.98. The Hall–Kier alpha value is -3.98. The molecule has 7 nitrogen and oxygen atoms in total. The Balaban J connectivity index is 1.81. The van der Waals surface area contributed by atoms with Crippen molar-refractivity contribution in [3.8, 4) is 5.75 Å². The van der Waals surface area contributed by atoms with Crippen molar-refractivity contribution in [2.75, 3.05) is 12.8 Å². The molecule has 2 heterocycles. The quantitative estimate of drug-likeness (QED) is 0.393. The van der Waals surface area contributed by atoms with Crippen LogP contribution in [0.5, 0.6) is 5.75 Å². The molecule has 33 heavy (non-hydrogen) atoms. The number of hydrogen-bond acceptors (Lipinski definition) is 6. The molecule has 3 aromatic carbocycles. The number of sulfone groups is 1. The van der Waals surface area contributed by atoms with Gasteiger partial charge in [-0.15, -0.1) is 0 Å². The molecule has 0 amide bonds. The molecular formula is C24H19FN4O3S. The van der Waals surface area contributed by atoms with Crippen LogP contribution in [0, 0.1) is 5.82 Å². The van der Waals surface area contributed by atoms with Gasteiger partial charge in [-0.25, -0.2) is 22.8 Å². The monoisotopic (exact) mass is 462 g/mol. The second-order valence-corrected chi connectivity index (χ2v) is 9.34. The van der Waals surface area contributed by atoms with Crippen molar-refractivity contribution in [2.24, 2.45) is 0 Å². The highest BCUT2D eigenvalue weighted by atomic mass is 32.2. The summed E-state index contributed by atoms with van der Waals surface area (Å²) in [4.78, 5) is 9.06. The summed E-state index contributed by atoms with van der Waals surface area (Å²) in [7, 11) is -2.55. The number of nitrogen functional groups attached to an aromatic ring is 1. The summed E-state index contributed by atoms with van der Waals surface area (Å²) in [5, 5.41) is 0. The first-order chi connectivity index (χ1) is 15.9. The Bertz CT molecular complexity index is 1610. The van der Waals surface area contributed by atoms with E-state index in [4.69, 9.17) is 10.5 Å². The van der Waals surface area contributed by atoms with Gasteiger partial charge in [0, 0.05) is 5.56 Å². The fourth-order valence-corrected chi connectivity index (χ4v) is 5.36. The molecule has 0 unspecified atom stereocenters. The van der Waals surface area contributed by atoms with Gasteiger partial charge in [-0.3, -0.25) is 0 Å². The number of hydrogen-bond donors (Lipinski definition) is 1. The van der Waals surface area contributed by atoms with Crippen LogP contribution in [-0.2, 0) is 16.4 Å². The molecule has 0 aliphatic heterocycles. The molecule has 2 N–H and O–H groups in total. The van der Waals surface area contributed by atoms with Crippen molar-refractivity contribution < 1.29 is 17.5 Å². The predicted molar refractivity (Wildman–Crippen MR) is 123 cm³/mol. The SMILES string of the molecule is COc1ccccc1Cn1c(N)c(S(=O)(=O)c2ccc(F)cc2)c2nc3ccccc3nc21. The fourth-order valence-electron chi connectivity index (χ4n) is 3.85. The van der Waals surface area contributed by atoms with Crippen LogP contribution in [0.25, 0.3) is 22.2 Å². The number of ether oxygens (including phenoxy) is 1. The van der Waals surface area contributed by atoms with E-state index in [0.29, 0.717) is 22.4 Å². The Morgan fingerprint density at radius 1 is 0.939 bits per heavy atom. The van der Waals surface area contributed by atoms with Gasteiger partial charge >= 0.3 is 0 Å². The third kappa shape index (κ3) is 3.46. The molecule has 0 saturated heterocycles. The van der Waals surface area contributed by atoms with E-state index in [1.165, 1.54) is 12.1 Å². The maximum Gasteiger partial charge on any atom is 0.212 e. The van der Waals surface area contributed by atoms with Crippen LogP contribution in [0.1, 0.15) is 5.56 Å². The van der Waals surface area contributed by atoms with Crippen LogP contribution in [0.2, 0.25) is 0 Å². The zero-order valence-electron chi connectivity index (χ0n) is 17.6. The maximum absolute atomic E-state index is 13.6. The normalized spacial score (nSPS) is 11.8.